The molecule has 2 fully saturated rings. The van der Waals surface area contributed by atoms with Crippen LogP contribution < -0.4 is 4.90 Å². The number of carbonyl (C=O) groups excluding carboxylic acids is 3. The van der Waals surface area contributed by atoms with Crippen molar-refractivity contribution >= 4 is 29.2 Å². The van der Waals surface area contributed by atoms with Gasteiger partial charge >= 0.3 is 11.8 Å². The van der Waals surface area contributed by atoms with E-state index in [9.17, 15) is 24.5 Å². The van der Waals surface area contributed by atoms with Crippen molar-refractivity contribution < 1.29 is 19.3 Å². The summed E-state index contributed by atoms with van der Waals surface area (Å²) in [7, 11) is 0. The molecule has 0 aliphatic carbocycles. The molecule has 0 radical (unpaired) electrons. The van der Waals surface area contributed by atoms with Crippen LogP contribution in [0.4, 0.5) is 11.5 Å². The third-order valence-electron chi connectivity index (χ3n) is 5.00. The molecular formula is C17H22N6O5. The second-order valence-corrected chi connectivity index (χ2v) is 6.61. The minimum absolute atomic E-state index is 0.0695. The first-order valence-electron chi connectivity index (χ1n) is 9.12. The number of nitro groups is 1. The topological polar surface area (TPSA) is 120 Å². The number of piperazine rings is 2. The number of carbonyl (C=O) groups is 3. The molecule has 3 rings (SSSR count). The third-order valence-corrected chi connectivity index (χ3v) is 5.00. The van der Waals surface area contributed by atoms with Crippen molar-refractivity contribution in [2.45, 2.75) is 6.92 Å². The van der Waals surface area contributed by atoms with Gasteiger partial charge in [-0.3, -0.25) is 24.5 Å². The Morgan fingerprint density at radius 2 is 1.71 bits per heavy atom. The lowest BCUT2D eigenvalue weighted by Gasteiger charge is -2.37. The Balaban J connectivity index is 1.52. The number of nitrogens with zero attached hydrogens (tertiary/aromatic N) is 6. The van der Waals surface area contributed by atoms with Crippen LogP contribution in [0.1, 0.15) is 6.92 Å². The van der Waals surface area contributed by atoms with Crippen LogP contribution in [0.2, 0.25) is 0 Å². The number of hydrogen-bond donors (Lipinski definition) is 0. The molecule has 28 heavy (non-hydrogen) atoms. The lowest BCUT2D eigenvalue weighted by molar-refractivity contribution is -0.385. The summed E-state index contributed by atoms with van der Waals surface area (Å²) in [5, 5.41) is 10.7. The van der Waals surface area contributed by atoms with Gasteiger partial charge in [-0.05, 0) is 13.0 Å². The molecule has 2 aliphatic rings. The Labute approximate surface area is 161 Å². The zero-order valence-electron chi connectivity index (χ0n) is 15.6. The van der Waals surface area contributed by atoms with E-state index < -0.39 is 16.7 Å². The Morgan fingerprint density at radius 1 is 1.07 bits per heavy atom. The van der Waals surface area contributed by atoms with Crippen LogP contribution in [0.3, 0.4) is 0 Å². The summed E-state index contributed by atoms with van der Waals surface area (Å²) in [5.41, 5.74) is -0.0695. The molecule has 2 saturated heterocycles. The molecule has 0 aromatic carbocycles. The lowest BCUT2D eigenvalue weighted by Crippen LogP contribution is -2.57. The van der Waals surface area contributed by atoms with Gasteiger partial charge in [-0.1, -0.05) is 0 Å². The summed E-state index contributed by atoms with van der Waals surface area (Å²) in [6.45, 7) is 4.96. The van der Waals surface area contributed by atoms with E-state index in [1.54, 1.807) is 11.0 Å². The zero-order chi connectivity index (χ0) is 20.3. The monoisotopic (exact) mass is 390 g/mol. The zero-order valence-corrected chi connectivity index (χ0v) is 15.6. The molecule has 0 unspecified atom stereocenters. The molecule has 11 nitrogen and oxygen atoms in total. The number of amides is 3. The highest BCUT2D eigenvalue weighted by Gasteiger charge is 2.34. The number of aromatic nitrogens is 1. The first-order valence-corrected chi connectivity index (χ1v) is 9.12. The minimum atomic E-state index is -0.629. The fourth-order valence-electron chi connectivity index (χ4n) is 3.29. The normalized spacial score (nSPS) is 17.9. The SMILES string of the molecule is CCN1CCN(CC(=O)N2CCN(c3ccc([N+](=O)[O-])cn3)CC2)C(=O)C1=O. The van der Waals surface area contributed by atoms with Crippen LogP contribution >= 0.6 is 0 Å². The second-order valence-electron chi connectivity index (χ2n) is 6.61. The van der Waals surface area contributed by atoms with Crippen molar-refractivity contribution in [3.63, 3.8) is 0 Å². The van der Waals surface area contributed by atoms with Crippen LogP contribution in [0, 0.1) is 10.1 Å². The maximum absolute atomic E-state index is 12.5. The average molecular weight is 390 g/mol. The smallest absolute Gasteiger partial charge is 0.312 e. The minimum Gasteiger partial charge on any atom is -0.353 e. The van der Waals surface area contributed by atoms with E-state index >= 15 is 0 Å². The standard InChI is InChI=1S/C17H22N6O5/c1-2-19-5-10-22(17(26)16(19)25)12-15(24)21-8-6-20(7-9-21)14-4-3-13(11-18-14)23(27)28/h3-4,11H,2,5-10,12H2,1H3. The number of anilines is 1. The van der Waals surface area contributed by atoms with Gasteiger partial charge in [0.2, 0.25) is 5.91 Å². The molecule has 0 spiro atoms. The van der Waals surface area contributed by atoms with E-state index in [-0.39, 0.29) is 18.1 Å². The Bertz CT molecular complexity index is 775. The lowest BCUT2D eigenvalue weighted by atomic mass is 10.2. The summed E-state index contributed by atoms with van der Waals surface area (Å²) in [4.78, 5) is 57.3. The van der Waals surface area contributed by atoms with Crippen LogP contribution in [-0.2, 0) is 14.4 Å². The number of pyridine rings is 1. The van der Waals surface area contributed by atoms with Crippen LogP contribution in [0.5, 0.6) is 0 Å². The largest absolute Gasteiger partial charge is 0.353 e. The maximum atomic E-state index is 12.5. The molecule has 11 heteroatoms. The highest BCUT2D eigenvalue weighted by Crippen LogP contribution is 2.17. The van der Waals surface area contributed by atoms with E-state index in [2.05, 4.69) is 4.98 Å². The van der Waals surface area contributed by atoms with Crippen LogP contribution in [0.25, 0.3) is 0 Å². The fourth-order valence-corrected chi connectivity index (χ4v) is 3.29. The predicted octanol–water partition coefficient (Wildman–Crippen LogP) is -0.671. The molecule has 0 bridgehead atoms. The molecule has 2 aliphatic heterocycles. The molecule has 0 atom stereocenters. The van der Waals surface area contributed by atoms with Gasteiger partial charge in [0.1, 0.15) is 18.6 Å². The highest BCUT2D eigenvalue weighted by molar-refractivity contribution is 6.35. The quantitative estimate of drug-likeness (QED) is 0.371. The third kappa shape index (κ3) is 4.02. The van der Waals surface area contributed by atoms with Gasteiger partial charge in [0.15, 0.2) is 0 Å². The molecule has 0 saturated carbocycles. The first kappa shape index (κ1) is 19.5. The van der Waals surface area contributed by atoms with Gasteiger partial charge < -0.3 is 19.6 Å². The Morgan fingerprint density at radius 3 is 2.29 bits per heavy atom. The second kappa shape index (κ2) is 8.19. The van der Waals surface area contributed by atoms with Gasteiger partial charge in [-0.2, -0.15) is 0 Å². The fraction of sp³-hybridized carbons (Fsp3) is 0.529. The molecule has 150 valence electrons. The Kier molecular flexibility index (Phi) is 5.71. The summed E-state index contributed by atoms with van der Waals surface area (Å²) in [6.07, 6.45) is 1.21. The summed E-state index contributed by atoms with van der Waals surface area (Å²) in [5.74, 6) is -0.762. The van der Waals surface area contributed by atoms with Crippen molar-refractivity contribution in [2.24, 2.45) is 0 Å². The van der Waals surface area contributed by atoms with Gasteiger partial charge in [-0.15, -0.1) is 0 Å². The van der Waals surface area contributed by atoms with Crippen molar-refractivity contribution in [3.05, 3.63) is 28.4 Å². The molecule has 3 amide bonds. The molecule has 0 N–H and O–H groups in total. The van der Waals surface area contributed by atoms with Crippen molar-refractivity contribution in [3.8, 4) is 0 Å². The van der Waals surface area contributed by atoms with E-state index in [1.165, 1.54) is 22.1 Å². The van der Waals surface area contributed by atoms with Crippen molar-refractivity contribution in [2.75, 3.05) is 57.3 Å². The van der Waals surface area contributed by atoms with E-state index in [0.29, 0.717) is 51.6 Å². The van der Waals surface area contributed by atoms with E-state index in [0.717, 1.165) is 0 Å². The summed E-state index contributed by atoms with van der Waals surface area (Å²) >= 11 is 0. The molecule has 3 heterocycles. The molecule has 1 aromatic rings. The maximum Gasteiger partial charge on any atom is 0.312 e. The van der Waals surface area contributed by atoms with E-state index in [1.807, 2.05) is 11.8 Å². The van der Waals surface area contributed by atoms with Gasteiger partial charge in [0.25, 0.3) is 5.69 Å². The molecular weight excluding hydrogens is 368 g/mol. The number of likely N-dealkylation sites (N-methyl/N-ethyl adjacent to an activating group) is 1. The predicted molar refractivity (Wildman–Crippen MR) is 98.5 cm³/mol. The van der Waals surface area contributed by atoms with Crippen molar-refractivity contribution in [1.29, 1.82) is 0 Å². The highest BCUT2D eigenvalue weighted by atomic mass is 16.6. The van der Waals surface area contributed by atoms with Gasteiger partial charge in [-0.25, -0.2) is 4.98 Å². The summed E-state index contributed by atoms with van der Waals surface area (Å²) in [6, 6.07) is 2.99. The van der Waals surface area contributed by atoms with Crippen LogP contribution in [-0.4, -0.2) is 94.7 Å². The van der Waals surface area contributed by atoms with E-state index in [4.69, 9.17) is 0 Å². The van der Waals surface area contributed by atoms with Crippen LogP contribution in [0.15, 0.2) is 18.3 Å². The number of rotatable bonds is 5. The molecule has 1 aromatic heterocycles. The first-order chi connectivity index (χ1) is 13.4. The van der Waals surface area contributed by atoms with Gasteiger partial charge in [0, 0.05) is 51.9 Å². The Hall–Kier alpha value is -3.24. The van der Waals surface area contributed by atoms with Gasteiger partial charge in [0.05, 0.1) is 4.92 Å². The van der Waals surface area contributed by atoms with Crippen molar-refractivity contribution in [1.82, 2.24) is 19.7 Å². The average Bonchev–Trinajstić information content (AvgIpc) is 2.71. The summed E-state index contributed by atoms with van der Waals surface area (Å²) < 4.78 is 0. The number of hydrogen-bond acceptors (Lipinski definition) is 7.